The van der Waals surface area contributed by atoms with E-state index in [1.807, 2.05) is 6.07 Å². The molecule has 0 unspecified atom stereocenters. The second-order valence-corrected chi connectivity index (χ2v) is 4.03. The smallest absolute Gasteiger partial charge is 0.248 e. The van der Waals surface area contributed by atoms with Crippen molar-refractivity contribution in [3.05, 3.63) is 45.7 Å². The summed E-state index contributed by atoms with van der Waals surface area (Å²) in [4.78, 5) is 14.9. The topological polar surface area (TPSA) is 32.9 Å². The van der Waals surface area contributed by atoms with Gasteiger partial charge >= 0.3 is 0 Å². The molecule has 3 heteroatoms. The second kappa shape index (κ2) is 3.80. The van der Waals surface area contributed by atoms with E-state index < -0.39 is 0 Å². The first kappa shape index (κ1) is 9.21. The van der Waals surface area contributed by atoms with Gasteiger partial charge in [0.15, 0.2) is 0 Å². The number of thiophene rings is 1. The molecule has 72 valence electrons. The molecular formula is C11H11NOS. The number of aromatic nitrogens is 1. The van der Waals surface area contributed by atoms with Crippen LogP contribution in [0.15, 0.2) is 34.6 Å². The Balaban J connectivity index is 2.44. The lowest BCUT2D eigenvalue weighted by Crippen LogP contribution is -2.01. The molecule has 0 aromatic carbocycles. The Morgan fingerprint density at radius 3 is 2.93 bits per heavy atom. The van der Waals surface area contributed by atoms with Gasteiger partial charge in [-0.05, 0) is 35.1 Å². The minimum Gasteiger partial charge on any atom is -0.329 e. The van der Waals surface area contributed by atoms with Gasteiger partial charge in [-0.15, -0.1) is 11.3 Å². The van der Waals surface area contributed by atoms with Crippen LogP contribution in [0.3, 0.4) is 0 Å². The molecule has 0 aliphatic rings. The maximum atomic E-state index is 11.1. The van der Waals surface area contributed by atoms with E-state index in [-0.39, 0.29) is 5.56 Å². The minimum absolute atomic E-state index is 0.0473. The fourth-order valence-electron chi connectivity index (χ4n) is 1.31. The predicted molar refractivity (Wildman–Crippen MR) is 59.8 cm³/mol. The predicted octanol–water partition coefficient (Wildman–Crippen LogP) is 2.67. The number of H-pyrrole nitrogens is 1. The van der Waals surface area contributed by atoms with Crippen molar-refractivity contribution in [3.8, 4) is 10.4 Å². The molecule has 2 aromatic heterocycles. The summed E-state index contributed by atoms with van der Waals surface area (Å²) in [6, 6.07) is 5.69. The first-order valence-electron chi connectivity index (χ1n) is 4.56. The monoisotopic (exact) mass is 205 g/mol. The molecule has 0 aliphatic carbocycles. The van der Waals surface area contributed by atoms with Gasteiger partial charge in [0.05, 0.1) is 0 Å². The van der Waals surface area contributed by atoms with Crippen molar-refractivity contribution in [3.63, 3.8) is 0 Å². The van der Waals surface area contributed by atoms with Crippen molar-refractivity contribution in [1.82, 2.24) is 4.98 Å². The van der Waals surface area contributed by atoms with Crippen LogP contribution in [0, 0.1) is 0 Å². The number of pyridine rings is 1. The van der Waals surface area contributed by atoms with E-state index in [0.29, 0.717) is 0 Å². The number of rotatable bonds is 2. The van der Waals surface area contributed by atoms with Gasteiger partial charge in [-0.2, -0.15) is 0 Å². The lowest BCUT2D eigenvalue weighted by Gasteiger charge is -1.93. The lowest BCUT2D eigenvalue weighted by atomic mass is 10.2. The Morgan fingerprint density at radius 1 is 1.43 bits per heavy atom. The lowest BCUT2D eigenvalue weighted by molar-refractivity contribution is 1.16. The zero-order valence-electron chi connectivity index (χ0n) is 7.91. The Morgan fingerprint density at radius 2 is 2.29 bits per heavy atom. The van der Waals surface area contributed by atoms with Crippen molar-refractivity contribution >= 4 is 11.3 Å². The fraction of sp³-hybridized carbons (Fsp3) is 0.182. The van der Waals surface area contributed by atoms with Crippen LogP contribution in [0.1, 0.15) is 12.5 Å². The molecule has 0 radical (unpaired) electrons. The normalized spacial score (nSPS) is 10.4. The van der Waals surface area contributed by atoms with Gasteiger partial charge in [0.25, 0.3) is 0 Å². The van der Waals surface area contributed by atoms with Crippen molar-refractivity contribution in [2.24, 2.45) is 0 Å². The zero-order chi connectivity index (χ0) is 9.97. The van der Waals surface area contributed by atoms with Crippen LogP contribution in [0.25, 0.3) is 10.4 Å². The third-order valence-electron chi connectivity index (χ3n) is 2.12. The van der Waals surface area contributed by atoms with E-state index >= 15 is 0 Å². The van der Waals surface area contributed by atoms with Crippen molar-refractivity contribution < 1.29 is 0 Å². The highest BCUT2D eigenvalue weighted by Gasteiger charge is 2.01. The largest absolute Gasteiger partial charge is 0.329 e. The first-order chi connectivity index (χ1) is 6.79. The summed E-state index contributed by atoms with van der Waals surface area (Å²) in [6.07, 6.45) is 2.72. The zero-order valence-corrected chi connectivity index (χ0v) is 8.73. The maximum absolute atomic E-state index is 11.1. The van der Waals surface area contributed by atoms with Gasteiger partial charge in [-0.25, -0.2) is 0 Å². The van der Waals surface area contributed by atoms with Gasteiger partial charge in [0.1, 0.15) is 0 Å². The van der Waals surface area contributed by atoms with Crippen LogP contribution in [0.5, 0.6) is 0 Å². The number of hydrogen-bond acceptors (Lipinski definition) is 2. The molecule has 2 rings (SSSR count). The molecule has 0 bridgehead atoms. The van der Waals surface area contributed by atoms with E-state index in [1.165, 1.54) is 5.56 Å². The fourth-order valence-corrected chi connectivity index (χ4v) is 2.31. The quantitative estimate of drug-likeness (QED) is 0.803. The van der Waals surface area contributed by atoms with Crippen molar-refractivity contribution in [1.29, 1.82) is 0 Å². The first-order valence-corrected chi connectivity index (χ1v) is 5.44. The molecule has 2 heterocycles. The molecule has 2 aromatic rings. The van der Waals surface area contributed by atoms with Crippen LogP contribution in [-0.2, 0) is 6.42 Å². The Labute approximate surface area is 86.2 Å². The summed E-state index contributed by atoms with van der Waals surface area (Å²) in [5, 5.41) is 2.14. The molecule has 0 atom stereocenters. The number of aromatic amines is 1. The second-order valence-electron chi connectivity index (χ2n) is 3.11. The summed E-state index contributed by atoms with van der Waals surface area (Å²) < 4.78 is 0. The van der Waals surface area contributed by atoms with Crippen LogP contribution >= 0.6 is 11.3 Å². The number of nitrogens with one attached hydrogen (secondary N) is 1. The van der Waals surface area contributed by atoms with Crippen molar-refractivity contribution in [2.75, 3.05) is 0 Å². The average molecular weight is 205 g/mol. The average Bonchev–Trinajstić information content (AvgIpc) is 2.66. The van der Waals surface area contributed by atoms with Crippen LogP contribution < -0.4 is 5.56 Å². The van der Waals surface area contributed by atoms with Gasteiger partial charge in [0.2, 0.25) is 5.56 Å². The van der Waals surface area contributed by atoms with E-state index in [0.717, 1.165) is 16.9 Å². The minimum atomic E-state index is -0.0473. The molecule has 2 nitrogen and oxygen atoms in total. The highest BCUT2D eigenvalue weighted by atomic mass is 32.1. The summed E-state index contributed by atoms with van der Waals surface area (Å²) in [5.41, 5.74) is 2.28. The number of hydrogen-bond donors (Lipinski definition) is 1. The van der Waals surface area contributed by atoms with Crippen LogP contribution in [0.4, 0.5) is 0 Å². The molecular weight excluding hydrogens is 194 g/mol. The molecule has 14 heavy (non-hydrogen) atoms. The maximum Gasteiger partial charge on any atom is 0.248 e. The molecule has 1 N–H and O–H groups in total. The third kappa shape index (κ3) is 1.77. The molecule has 0 amide bonds. The SMILES string of the molecule is CCc1csc(-c2cc[nH]c(=O)c2)c1. The Kier molecular flexibility index (Phi) is 2.50. The Hall–Kier alpha value is -1.35. The molecule has 0 spiro atoms. The molecule has 0 saturated carbocycles. The van der Waals surface area contributed by atoms with Crippen molar-refractivity contribution in [2.45, 2.75) is 13.3 Å². The highest BCUT2D eigenvalue weighted by Crippen LogP contribution is 2.25. The Bertz CT molecular complexity index is 484. The summed E-state index contributed by atoms with van der Waals surface area (Å²) in [6.45, 7) is 2.13. The number of aryl methyl sites for hydroxylation is 1. The molecule has 0 saturated heterocycles. The van der Waals surface area contributed by atoms with Gasteiger partial charge in [-0.3, -0.25) is 4.79 Å². The van der Waals surface area contributed by atoms with E-state index in [2.05, 4.69) is 23.4 Å². The summed E-state index contributed by atoms with van der Waals surface area (Å²) in [7, 11) is 0. The summed E-state index contributed by atoms with van der Waals surface area (Å²) >= 11 is 1.68. The van der Waals surface area contributed by atoms with Crippen LogP contribution in [-0.4, -0.2) is 4.98 Å². The summed E-state index contributed by atoms with van der Waals surface area (Å²) in [5.74, 6) is 0. The van der Waals surface area contributed by atoms with E-state index in [1.54, 1.807) is 23.6 Å². The van der Waals surface area contributed by atoms with E-state index in [4.69, 9.17) is 0 Å². The van der Waals surface area contributed by atoms with Gasteiger partial charge in [-0.1, -0.05) is 6.92 Å². The standard InChI is InChI=1S/C11H11NOS/c1-2-8-5-10(14-7-8)9-3-4-12-11(13)6-9/h3-7H,2H2,1H3,(H,12,13). The van der Waals surface area contributed by atoms with Gasteiger partial charge in [0, 0.05) is 17.1 Å². The molecule has 0 aliphatic heterocycles. The van der Waals surface area contributed by atoms with E-state index in [9.17, 15) is 4.79 Å². The molecule has 0 fully saturated rings. The highest BCUT2D eigenvalue weighted by molar-refractivity contribution is 7.13. The van der Waals surface area contributed by atoms with Crippen LogP contribution in [0.2, 0.25) is 0 Å². The van der Waals surface area contributed by atoms with Gasteiger partial charge < -0.3 is 4.98 Å². The third-order valence-corrected chi connectivity index (χ3v) is 3.15.